The number of carbonyl (C=O) groups excluding carboxylic acids is 4. The van der Waals surface area contributed by atoms with Crippen LogP contribution in [-0.4, -0.2) is 38.7 Å². The van der Waals surface area contributed by atoms with Crippen molar-refractivity contribution in [1.29, 1.82) is 0 Å². The molecule has 6 atom stereocenters. The molecule has 6 unspecified atom stereocenters. The minimum Gasteiger partial charge on any atom is -0.508 e. The van der Waals surface area contributed by atoms with Crippen molar-refractivity contribution in [2.75, 3.05) is 10.3 Å². The Morgan fingerprint density at radius 1 is 0.843 bits per heavy atom. The number of nitro benzene ring substituents is 1. The van der Waals surface area contributed by atoms with Crippen LogP contribution >= 0.6 is 0 Å². The van der Waals surface area contributed by atoms with Gasteiger partial charge in [-0.2, -0.15) is 5.01 Å². The van der Waals surface area contributed by atoms with E-state index in [1.165, 1.54) is 24.3 Å². The lowest BCUT2D eigenvalue weighted by molar-refractivity contribution is -0.384. The van der Waals surface area contributed by atoms with Gasteiger partial charge in [-0.25, -0.2) is 4.90 Å². The molecule has 256 valence electrons. The number of imide groups is 2. The summed E-state index contributed by atoms with van der Waals surface area (Å²) in [7, 11) is 0. The van der Waals surface area contributed by atoms with Crippen molar-refractivity contribution in [2.45, 2.75) is 38.0 Å². The second-order valence-corrected chi connectivity index (χ2v) is 13.9. The predicted molar refractivity (Wildman–Crippen MR) is 187 cm³/mol. The van der Waals surface area contributed by atoms with Crippen LogP contribution in [0.3, 0.4) is 0 Å². The minimum absolute atomic E-state index is 0.0785. The van der Waals surface area contributed by atoms with Gasteiger partial charge in [0.05, 0.1) is 39.5 Å². The third-order valence-corrected chi connectivity index (χ3v) is 11.2. The molecule has 4 aromatic rings. The summed E-state index contributed by atoms with van der Waals surface area (Å²) in [6.45, 7) is 3.71. The maximum atomic E-state index is 15.2. The lowest BCUT2D eigenvalue weighted by Crippen LogP contribution is -2.53. The molecule has 2 saturated heterocycles. The zero-order valence-electron chi connectivity index (χ0n) is 27.9. The number of allylic oxidation sites excluding steroid dienone is 2. The number of hydrogen-bond donors (Lipinski definition) is 2. The Kier molecular flexibility index (Phi) is 7.41. The molecule has 4 aromatic carbocycles. The number of nitro groups is 1. The molecule has 0 aromatic heterocycles. The van der Waals surface area contributed by atoms with E-state index in [0.717, 1.165) is 21.0 Å². The van der Waals surface area contributed by atoms with Gasteiger partial charge in [-0.1, -0.05) is 77.9 Å². The smallest absolute Gasteiger partial charge is 0.271 e. The Morgan fingerprint density at radius 2 is 1.59 bits per heavy atom. The van der Waals surface area contributed by atoms with Crippen molar-refractivity contribution < 1.29 is 29.2 Å². The van der Waals surface area contributed by atoms with E-state index < -0.39 is 63.6 Å². The third-order valence-electron chi connectivity index (χ3n) is 11.2. The molecule has 11 heteroatoms. The van der Waals surface area contributed by atoms with Crippen LogP contribution in [0.5, 0.6) is 5.75 Å². The molecule has 0 spiro atoms. The number of phenols is 1. The first-order chi connectivity index (χ1) is 24.5. The summed E-state index contributed by atoms with van der Waals surface area (Å²) in [5.74, 6) is -5.60. The molecule has 51 heavy (non-hydrogen) atoms. The summed E-state index contributed by atoms with van der Waals surface area (Å²) < 4.78 is 0. The van der Waals surface area contributed by atoms with Crippen molar-refractivity contribution in [3.05, 3.63) is 141 Å². The number of benzene rings is 4. The Balaban J connectivity index is 1.31. The molecule has 0 bridgehead atoms. The molecule has 8 rings (SSSR count). The number of aryl methyl sites for hydroxylation is 2. The van der Waals surface area contributed by atoms with Gasteiger partial charge in [0.15, 0.2) is 0 Å². The topological polar surface area (TPSA) is 150 Å². The van der Waals surface area contributed by atoms with E-state index >= 15 is 4.79 Å². The van der Waals surface area contributed by atoms with E-state index in [1.807, 2.05) is 61.5 Å². The summed E-state index contributed by atoms with van der Waals surface area (Å²) in [4.78, 5) is 70.4. The summed E-state index contributed by atoms with van der Waals surface area (Å²) in [6.07, 6.45) is 2.28. The van der Waals surface area contributed by atoms with Crippen LogP contribution in [0.4, 0.5) is 17.1 Å². The van der Waals surface area contributed by atoms with E-state index in [4.69, 9.17) is 0 Å². The van der Waals surface area contributed by atoms with Crippen LogP contribution < -0.4 is 10.3 Å². The van der Waals surface area contributed by atoms with Crippen LogP contribution in [0.15, 0.2) is 109 Å². The van der Waals surface area contributed by atoms with Crippen molar-refractivity contribution in [2.24, 2.45) is 23.7 Å². The average molecular weight is 683 g/mol. The lowest BCUT2D eigenvalue weighted by atomic mass is 9.49. The number of hydrazine groups is 1. The molecule has 2 aliphatic heterocycles. The number of rotatable bonds is 6. The molecule has 4 aliphatic rings. The Labute approximate surface area is 293 Å². The molecule has 11 nitrogen and oxygen atoms in total. The molecule has 2 aliphatic carbocycles. The first kappa shape index (κ1) is 32.1. The molecule has 2 heterocycles. The summed E-state index contributed by atoms with van der Waals surface area (Å²) in [6, 6.07) is 27.2. The highest BCUT2D eigenvalue weighted by Crippen LogP contribution is 2.64. The molecule has 4 amide bonds. The number of carbonyl (C=O) groups is 4. The maximum absolute atomic E-state index is 15.2. The molecular formula is C40H34N4O7. The normalized spacial score (nSPS) is 26.8. The monoisotopic (exact) mass is 682 g/mol. The fraction of sp³-hybridized carbons (Fsp3) is 0.250. The number of amides is 4. The van der Waals surface area contributed by atoms with E-state index in [-0.39, 0.29) is 30.0 Å². The third kappa shape index (κ3) is 4.71. The van der Waals surface area contributed by atoms with Gasteiger partial charge in [-0.3, -0.25) is 34.7 Å². The fourth-order valence-corrected chi connectivity index (χ4v) is 8.98. The van der Waals surface area contributed by atoms with Gasteiger partial charge in [-0.05, 0) is 73.6 Å². The molecule has 1 saturated carbocycles. The Bertz CT molecular complexity index is 2180. The van der Waals surface area contributed by atoms with Crippen molar-refractivity contribution in [3.8, 4) is 5.75 Å². The van der Waals surface area contributed by atoms with Crippen molar-refractivity contribution in [1.82, 2.24) is 5.01 Å². The zero-order chi connectivity index (χ0) is 35.8. The molecule has 0 radical (unpaired) electrons. The van der Waals surface area contributed by atoms with Crippen molar-refractivity contribution in [3.63, 3.8) is 0 Å². The maximum Gasteiger partial charge on any atom is 0.271 e. The number of hydrogen-bond acceptors (Lipinski definition) is 8. The predicted octanol–water partition coefficient (Wildman–Crippen LogP) is 6.11. The number of nitrogens with zero attached hydrogens (tertiary/aromatic N) is 3. The van der Waals surface area contributed by atoms with E-state index in [1.54, 1.807) is 31.2 Å². The van der Waals surface area contributed by atoms with Gasteiger partial charge < -0.3 is 5.11 Å². The highest BCUT2D eigenvalue weighted by molar-refractivity contribution is 6.22. The van der Waals surface area contributed by atoms with Gasteiger partial charge >= 0.3 is 0 Å². The van der Waals surface area contributed by atoms with E-state index in [0.29, 0.717) is 22.4 Å². The number of phenolic OH excluding ortho intramolecular Hbond substituents is 1. The Morgan fingerprint density at radius 3 is 2.29 bits per heavy atom. The van der Waals surface area contributed by atoms with Crippen LogP contribution in [-0.2, 0) is 24.6 Å². The summed E-state index contributed by atoms with van der Waals surface area (Å²) in [5.41, 5.74) is 5.80. The standard InChI is InChI=1S/C40H34N4O7/c1-22-11-14-26(15-12-22)41-43-37(47)32-21-31-29(16-17-30-34(31)38(48)42(36(30)46)27-9-6-10-28(20-27)44(50)51)35(24-13-18-33(45)23(2)19-24)40(32,39(43)49)25-7-4-3-5-8-25/h3-16,18-20,30-32,34-35,41,45H,17,21H2,1-2H3. The summed E-state index contributed by atoms with van der Waals surface area (Å²) in [5, 5.41) is 23.2. The lowest BCUT2D eigenvalue weighted by Gasteiger charge is -2.50. The number of aromatic hydroxyl groups is 1. The fourth-order valence-electron chi connectivity index (χ4n) is 8.98. The van der Waals surface area contributed by atoms with E-state index in [9.17, 15) is 29.6 Å². The first-order valence-electron chi connectivity index (χ1n) is 16.9. The van der Waals surface area contributed by atoms with Crippen molar-refractivity contribution >= 4 is 40.7 Å². The largest absolute Gasteiger partial charge is 0.508 e. The van der Waals surface area contributed by atoms with Gasteiger partial charge in [0.25, 0.3) is 17.5 Å². The van der Waals surface area contributed by atoms with Gasteiger partial charge in [0.1, 0.15) is 5.75 Å². The second-order valence-electron chi connectivity index (χ2n) is 13.9. The quantitative estimate of drug-likeness (QED) is 0.107. The number of nitrogens with one attached hydrogen (secondary N) is 1. The van der Waals surface area contributed by atoms with Crippen LogP contribution in [0.2, 0.25) is 0 Å². The number of fused-ring (bicyclic) bond motifs is 4. The zero-order valence-corrected chi connectivity index (χ0v) is 27.9. The first-order valence-corrected chi connectivity index (χ1v) is 16.9. The Hall–Kier alpha value is -6.10. The van der Waals surface area contributed by atoms with Crippen LogP contribution in [0.25, 0.3) is 0 Å². The highest BCUT2D eigenvalue weighted by Gasteiger charge is 2.70. The number of non-ortho nitro benzene ring substituents is 1. The van der Waals surface area contributed by atoms with Gasteiger partial charge in [0, 0.05) is 18.1 Å². The average Bonchev–Trinajstić information content (AvgIpc) is 3.51. The molecule has 2 N–H and O–H groups in total. The minimum atomic E-state index is -1.43. The second kappa shape index (κ2) is 11.8. The van der Waals surface area contributed by atoms with Gasteiger partial charge in [-0.15, -0.1) is 0 Å². The molecular weight excluding hydrogens is 648 g/mol. The van der Waals surface area contributed by atoms with Crippen LogP contribution in [0.1, 0.15) is 41.0 Å². The number of anilines is 2. The van der Waals surface area contributed by atoms with Gasteiger partial charge in [0.2, 0.25) is 11.8 Å². The van der Waals surface area contributed by atoms with E-state index in [2.05, 4.69) is 5.43 Å². The van der Waals surface area contributed by atoms with Crippen LogP contribution in [0, 0.1) is 47.6 Å². The highest BCUT2D eigenvalue weighted by atomic mass is 16.6. The molecule has 3 fully saturated rings. The summed E-state index contributed by atoms with van der Waals surface area (Å²) >= 11 is 0. The SMILES string of the molecule is Cc1ccc(NN2C(=O)C3CC4C(=CCC5C(=O)N(c6cccc([N+](=O)[O-])c6)C(=O)C54)C(c4ccc(O)c(C)c4)C3(c3ccccc3)C2=O)cc1.